The van der Waals surface area contributed by atoms with Gasteiger partial charge in [-0.25, -0.2) is 0 Å². The Morgan fingerprint density at radius 3 is 2.56 bits per heavy atom. The molecule has 1 unspecified atom stereocenters. The van der Waals surface area contributed by atoms with Gasteiger partial charge in [-0.3, -0.25) is 0 Å². The molecule has 0 saturated heterocycles. The van der Waals surface area contributed by atoms with E-state index in [1.165, 1.54) is 0 Å². The van der Waals surface area contributed by atoms with Crippen LogP contribution in [0.3, 0.4) is 0 Å². The molecule has 0 heterocycles. The normalized spacial score (nSPS) is 11.9. The van der Waals surface area contributed by atoms with Crippen LogP contribution in [0.5, 0.6) is 11.5 Å². The average Bonchev–Trinajstić information content (AvgIpc) is 2.34. The van der Waals surface area contributed by atoms with Gasteiger partial charge in [0.05, 0.1) is 14.2 Å². The Balaban J connectivity index is 2.85. The summed E-state index contributed by atoms with van der Waals surface area (Å²) in [4.78, 5) is 0. The highest BCUT2D eigenvalue weighted by Crippen LogP contribution is 2.30. The topological polar surface area (TPSA) is 44.5 Å². The fraction of sp³-hybridized carbons (Fsp3) is 0.385. The van der Waals surface area contributed by atoms with E-state index in [9.17, 15) is 0 Å². The minimum Gasteiger partial charge on any atom is -0.493 e. The van der Waals surface area contributed by atoms with Crippen molar-refractivity contribution in [3.05, 3.63) is 36.4 Å². The first kappa shape index (κ1) is 12.6. The van der Waals surface area contributed by atoms with Gasteiger partial charge in [0.25, 0.3) is 0 Å². The van der Waals surface area contributed by atoms with E-state index in [4.69, 9.17) is 15.2 Å². The first-order valence-electron chi connectivity index (χ1n) is 5.31. The third-order valence-corrected chi connectivity index (χ3v) is 2.52. The summed E-state index contributed by atoms with van der Waals surface area (Å²) in [5.74, 6) is 1.44. The number of allylic oxidation sites excluding steroid dienone is 1. The van der Waals surface area contributed by atoms with Gasteiger partial charge >= 0.3 is 0 Å². The Morgan fingerprint density at radius 2 is 2.00 bits per heavy atom. The SMILES string of the molecule is C=CCCC(N)c1ccc(OC)c(OC)c1. The molecule has 1 aromatic carbocycles. The van der Waals surface area contributed by atoms with E-state index in [1.54, 1.807) is 14.2 Å². The zero-order valence-corrected chi connectivity index (χ0v) is 9.90. The summed E-state index contributed by atoms with van der Waals surface area (Å²) in [5.41, 5.74) is 7.11. The molecule has 0 aromatic heterocycles. The second kappa shape index (κ2) is 6.18. The van der Waals surface area contributed by atoms with E-state index in [0.29, 0.717) is 5.75 Å². The minimum absolute atomic E-state index is 0.0119. The standard InChI is InChI=1S/C13H19NO2/c1-4-5-6-11(14)10-7-8-12(15-2)13(9-10)16-3/h4,7-9,11H,1,5-6,14H2,2-3H3. The molecule has 0 fully saturated rings. The van der Waals surface area contributed by atoms with E-state index in [-0.39, 0.29) is 6.04 Å². The van der Waals surface area contributed by atoms with E-state index in [0.717, 1.165) is 24.2 Å². The number of nitrogens with two attached hydrogens (primary N) is 1. The van der Waals surface area contributed by atoms with Crippen molar-refractivity contribution < 1.29 is 9.47 Å². The summed E-state index contributed by atoms with van der Waals surface area (Å²) < 4.78 is 10.4. The van der Waals surface area contributed by atoms with E-state index >= 15 is 0 Å². The molecule has 0 radical (unpaired) electrons. The smallest absolute Gasteiger partial charge is 0.161 e. The van der Waals surface area contributed by atoms with Crippen LogP contribution < -0.4 is 15.2 Å². The van der Waals surface area contributed by atoms with E-state index < -0.39 is 0 Å². The molecule has 16 heavy (non-hydrogen) atoms. The van der Waals surface area contributed by atoms with Crippen LogP contribution in [0.2, 0.25) is 0 Å². The zero-order chi connectivity index (χ0) is 12.0. The maximum Gasteiger partial charge on any atom is 0.161 e. The molecule has 0 saturated carbocycles. The lowest BCUT2D eigenvalue weighted by molar-refractivity contribution is 0.354. The zero-order valence-electron chi connectivity index (χ0n) is 9.90. The number of ether oxygens (including phenoxy) is 2. The van der Waals surface area contributed by atoms with Crippen molar-refractivity contribution in [3.8, 4) is 11.5 Å². The lowest BCUT2D eigenvalue weighted by Gasteiger charge is -2.14. The lowest BCUT2D eigenvalue weighted by atomic mass is 10.0. The van der Waals surface area contributed by atoms with E-state index in [1.807, 2.05) is 24.3 Å². The van der Waals surface area contributed by atoms with E-state index in [2.05, 4.69) is 6.58 Å². The monoisotopic (exact) mass is 221 g/mol. The second-order valence-electron chi connectivity index (χ2n) is 3.59. The van der Waals surface area contributed by atoms with Crippen molar-refractivity contribution in [1.82, 2.24) is 0 Å². The average molecular weight is 221 g/mol. The van der Waals surface area contributed by atoms with Crippen molar-refractivity contribution in [2.75, 3.05) is 14.2 Å². The van der Waals surface area contributed by atoms with Crippen LogP contribution in [0.1, 0.15) is 24.4 Å². The predicted octanol–water partition coefficient (Wildman–Crippen LogP) is 2.67. The molecule has 3 nitrogen and oxygen atoms in total. The van der Waals surface area contributed by atoms with Gasteiger partial charge in [0.15, 0.2) is 11.5 Å². The molecule has 0 bridgehead atoms. The van der Waals surface area contributed by atoms with Gasteiger partial charge in [0.1, 0.15) is 0 Å². The van der Waals surface area contributed by atoms with Gasteiger partial charge in [0, 0.05) is 6.04 Å². The van der Waals surface area contributed by atoms with Crippen LogP contribution in [0.25, 0.3) is 0 Å². The summed E-state index contributed by atoms with van der Waals surface area (Å²) in [5, 5.41) is 0. The molecule has 1 atom stereocenters. The van der Waals surface area contributed by atoms with Gasteiger partial charge in [0.2, 0.25) is 0 Å². The second-order valence-corrected chi connectivity index (χ2v) is 3.59. The number of hydrogen-bond donors (Lipinski definition) is 1. The summed E-state index contributed by atoms with van der Waals surface area (Å²) in [6.45, 7) is 3.69. The van der Waals surface area contributed by atoms with Crippen LogP contribution >= 0.6 is 0 Å². The third-order valence-electron chi connectivity index (χ3n) is 2.52. The molecule has 0 aliphatic rings. The highest BCUT2D eigenvalue weighted by molar-refractivity contribution is 5.43. The van der Waals surface area contributed by atoms with Crippen LogP contribution in [0.4, 0.5) is 0 Å². The molecule has 0 aliphatic carbocycles. The van der Waals surface area contributed by atoms with Crippen LogP contribution in [-0.4, -0.2) is 14.2 Å². The molecule has 1 aromatic rings. The molecule has 1 rings (SSSR count). The third kappa shape index (κ3) is 3.00. The highest BCUT2D eigenvalue weighted by Gasteiger charge is 2.09. The highest BCUT2D eigenvalue weighted by atomic mass is 16.5. The van der Waals surface area contributed by atoms with Crippen molar-refractivity contribution >= 4 is 0 Å². The molecular formula is C13H19NO2. The predicted molar refractivity (Wildman–Crippen MR) is 65.9 cm³/mol. The first-order chi connectivity index (χ1) is 7.72. The van der Waals surface area contributed by atoms with Crippen molar-refractivity contribution in [1.29, 1.82) is 0 Å². The molecule has 0 amide bonds. The molecule has 0 aliphatic heterocycles. The minimum atomic E-state index is 0.0119. The maximum atomic E-state index is 6.05. The maximum absolute atomic E-state index is 6.05. The Hall–Kier alpha value is -1.48. The van der Waals surface area contributed by atoms with Crippen molar-refractivity contribution in [2.45, 2.75) is 18.9 Å². The summed E-state index contributed by atoms with van der Waals surface area (Å²) in [6, 6.07) is 5.78. The number of methoxy groups -OCH3 is 2. The summed E-state index contributed by atoms with van der Waals surface area (Å²) in [6.07, 6.45) is 3.68. The molecule has 2 N–H and O–H groups in total. The van der Waals surface area contributed by atoms with Gasteiger partial charge in [-0.15, -0.1) is 6.58 Å². The Labute approximate surface area is 96.9 Å². The molecule has 3 heteroatoms. The number of rotatable bonds is 6. The Kier molecular flexibility index (Phi) is 4.86. The van der Waals surface area contributed by atoms with Crippen molar-refractivity contribution in [3.63, 3.8) is 0 Å². The first-order valence-corrected chi connectivity index (χ1v) is 5.31. The van der Waals surface area contributed by atoms with Crippen molar-refractivity contribution in [2.24, 2.45) is 5.73 Å². The summed E-state index contributed by atoms with van der Waals surface area (Å²) >= 11 is 0. The fourth-order valence-corrected chi connectivity index (χ4v) is 1.55. The van der Waals surface area contributed by atoms with Gasteiger partial charge in [-0.05, 0) is 30.5 Å². The largest absolute Gasteiger partial charge is 0.493 e. The van der Waals surface area contributed by atoms with Gasteiger partial charge < -0.3 is 15.2 Å². The fourth-order valence-electron chi connectivity index (χ4n) is 1.55. The molecular weight excluding hydrogens is 202 g/mol. The molecule has 88 valence electrons. The summed E-state index contributed by atoms with van der Waals surface area (Å²) in [7, 11) is 3.24. The Bertz CT molecular complexity index is 350. The van der Waals surface area contributed by atoms with Crippen LogP contribution in [-0.2, 0) is 0 Å². The quantitative estimate of drug-likeness (QED) is 0.751. The number of hydrogen-bond acceptors (Lipinski definition) is 3. The Morgan fingerprint density at radius 1 is 1.31 bits per heavy atom. The lowest BCUT2D eigenvalue weighted by Crippen LogP contribution is -2.10. The van der Waals surface area contributed by atoms with Crippen LogP contribution in [0.15, 0.2) is 30.9 Å². The van der Waals surface area contributed by atoms with Gasteiger partial charge in [-0.2, -0.15) is 0 Å². The van der Waals surface area contributed by atoms with Gasteiger partial charge in [-0.1, -0.05) is 12.1 Å². The number of benzene rings is 1. The van der Waals surface area contributed by atoms with Crippen LogP contribution in [0, 0.1) is 0 Å². The molecule has 0 spiro atoms.